The lowest BCUT2D eigenvalue weighted by Crippen LogP contribution is -2.41. The minimum absolute atomic E-state index is 0.0570. The van der Waals surface area contributed by atoms with Gasteiger partial charge in [0.05, 0.1) is 6.54 Å². The van der Waals surface area contributed by atoms with Gasteiger partial charge in [0.1, 0.15) is 0 Å². The molecule has 2 amide bonds. The standard InChI is InChI=1S/C18H25N3O3/c22-13-14-4-2-8-20(11-14)12-17(23)19-15-5-1-6-16(10-15)21-9-3-7-18(21)24/h1,5-6,10,14,22H,2-4,7-9,11-13H2,(H,19,23)/t14-/m1/s1. The van der Waals surface area contributed by atoms with Crippen molar-refractivity contribution in [3.05, 3.63) is 24.3 Å². The fraction of sp³-hybridized carbons (Fsp3) is 0.556. The summed E-state index contributed by atoms with van der Waals surface area (Å²) in [6.07, 6.45) is 3.53. The van der Waals surface area contributed by atoms with Gasteiger partial charge in [-0.05, 0) is 49.9 Å². The Morgan fingerprint density at radius 1 is 1.29 bits per heavy atom. The van der Waals surface area contributed by atoms with E-state index in [0.29, 0.717) is 18.7 Å². The molecule has 2 fully saturated rings. The van der Waals surface area contributed by atoms with Gasteiger partial charge in [0.25, 0.3) is 0 Å². The van der Waals surface area contributed by atoms with Crippen molar-refractivity contribution in [2.45, 2.75) is 25.7 Å². The van der Waals surface area contributed by atoms with Crippen LogP contribution in [0.2, 0.25) is 0 Å². The summed E-state index contributed by atoms with van der Waals surface area (Å²) >= 11 is 0. The molecule has 0 bridgehead atoms. The number of aliphatic hydroxyl groups excluding tert-OH is 1. The van der Waals surface area contributed by atoms with Gasteiger partial charge in [0.2, 0.25) is 11.8 Å². The maximum Gasteiger partial charge on any atom is 0.238 e. The van der Waals surface area contributed by atoms with Gasteiger partial charge < -0.3 is 15.3 Å². The molecular weight excluding hydrogens is 306 g/mol. The van der Waals surface area contributed by atoms with Crippen LogP contribution in [0.3, 0.4) is 0 Å². The third-order valence-electron chi connectivity index (χ3n) is 4.74. The normalized spacial score (nSPS) is 22.0. The van der Waals surface area contributed by atoms with Crippen LogP contribution in [0.4, 0.5) is 11.4 Å². The third kappa shape index (κ3) is 4.13. The highest BCUT2D eigenvalue weighted by Gasteiger charge is 2.23. The molecule has 0 spiro atoms. The van der Waals surface area contributed by atoms with Gasteiger partial charge >= 0.3 is 0 Å². The van der Waals surface area contributed by atoms with E-state index in [4.69, 9.17) is 0 Å². The number of hydrogen-bond acceptors (Lipinski definition) is 4. The van der Waals surface area contributed by atoms with E-state index in [1.165, 1.54) is 0 Å². The van der Waals surface area contributed by atoms with Gasteiger partial charge in [-0.3, -0.25) is 14.5 Å². The Labute approximate surface area is 142 Å². The second-order valence-electron chi connectivity index (χ2n) is 6.67. The summed E-state index contributed by atoms with van der Waals surface area (Å²) < 4.78 is 0. The average Bonchev–Trinajstić information content (AvgIpc) is 3.01. The van der Waals surface area contributed by atoms with E-state index in [1.807, 2.05) is 24.3 Å². The van der Waals surface area contributed by atoms with Crippen LogP contribution in [0.1, 0.15) is 25.7 Å². The van der Waals surface area contributed by atoms with Gasteiger partial charge in [-0.2, -0.15) is 0 Å². The number of carbonyl (C=O) groups is 2. The second-order valence-corrected chi connectivity index (χ2v) is 6.67. The molecule has 0 saturated carbocycles. The number of amides is 2. The zero-order valence-corrected chi connectivity index (χ0v) is 13.9. The summed E-state index contributed by atoms with van der Waals surface area (Å²) in [6.45, 7) is 2.93. The molecule has 0 aromatic heterocycles. The van der Waals surface area contributed by atoms with Crippen LogP contribution in [-0.2, 0) is 9.59 Å². The predicted octanol–water partition coefficient (Wildman–Crippen LogP) is 1.46. The molecule has 0 radical (unpaired) electrons. The summed E-state index contributed by atoms with van der Waals surface area (Å²) in [5, 5.41) is 12.2. The predicted molar refractivity (Wildman–Crippen MR) is 92.9 cm³/mol. The fourth-order valence-electron chi connectivity index (χ4n) is 3.52. The molecule has 6 nitrogen and oxygen atoms in total. The lowest BCUT2D eigenvalue weighted by atomic mass is 9.99. The molecule has 1 aromatic rings. The second kappa shape index (κ2) is 7.77. The summed E-state index contributed by atoms with van der Waals surface area (Å²) in [4.78, 5) is 28.0. The van der Waals surface area contributed by atoms with E-state index < -0.39 is 0 Å². The lowest BCUT2D eigenvalue weighted by Gasteiger charge is -2.31. The molecule has 2 aliphatic rings. The number of nitrogens with zero attached hydrogens (tertiary/aromatic N) is 2. The quantitative estimate of drug-likeness (QED) is 0.857. The van der Waals surface area contributed by atoms with Gasteiger partial charge in [-0.1, -0.05) is 6.07 Å². The Bertz CT molecular complexity index is 605. The molecule has 0 aliphatic carbocycles. The van der Waals surface area contributed by atoms with Crippen LogP contribution in [0.25, 0.3) is 0 Å². The number of rotatable bonds is 5. The van der Waals surface area contributed by atoms with Crippen LogP contribution in [-0.4, -0.2) is 54.6 Å². The molecule has 2 saturated heterocycles. The molecular formula is C18H25N3O3. The number of likely N-dealkylation sites (tertiary alicyclic amines) is 1. The third-order valence-corrected chi connectivity index (χ3v) is 4.74. The first kappa shape index (κ1) is 16.9. The Hall–Kier alpha value is -1.92. The van der Waals surface area contributed by atoms with Crippen molar-refractivity contribution in [1.82, 2.24) is 4.90 Å². The molecule has 2 heterocycles. The maximum absolute atomic E-state index is 12.3. The van der Waals surface area contributed by atoms with E-state index in [0.717, 1.165) is 44.6 Å². The topological polar surface area (TPSA) is 72.9 Å². The van der Waals surface area contributed by atoms with Crippen molar-refractivity contribution >= 4 is 23.2 Å². The maximum atomic E-state index is 12.3. The van der Waals surface area contributed by atoms with Crippen LogP contribution in [0.5, 0.6) is 0 Å². The van der Waals surface area contributed by atoms with E-state index >= 15 is 0 Å². The summed E-state index contributed by atoms with van der Waals surface area (Å²) in [7, 11) is 0. The van der Waals surface area contributed by atoms with E-state index in [9.17, 15) is 14.7 Å². The minimum atomic E-state index is -0.0570. The number of benzene rings is 1. The van der Waals surface area contributed by atoms with Gasteiger partial charge in [0.15, 0.2) is 0 Å². The highest BCUT2D eigenvalue weighted by atomic mass is 16.3. The number of aliphatic hydroxyl groups is 1. The van der Waals surface area contributed by atoms with Crippen LogP contribution >= 0.6 is 0 Å². The summed E-state index contributed by atoms with van der Waals surface area (Å²) in [5.74, 6) is 0.358. The first-order chi connectivity index (χ1) is 11.7. The first-order valence-corrected chi connectivity index (χ1v) is 8.69. The molecule has 3 rings (SSSR count). The van der Waals surface area contributed by atoms with Crippen molar-refractivity contribution in [3.63, 3.8) is 0 Å². The minimum Gasteiger partial charge on any atom is -0.396 e. The van der Waals surface area contributed by atoms with Crippen molar-refractivity contribution < 1.29 is 14.7 Å². The van der Waals surface area contributed by atoms with E-state index in [1.54, 1.807) is 4.90 Å². The van der Waals surface area contributed by atoms with Gasteiger partial charge in [0, 0.05) is 37.5 Å². The first-order valence-electron chi connectivity index (χ1n) is 8.69. The van der Waals surface area contributed by atoms with Crippen LogP contribution in [0.15, 0.2) is 24.3 Å². The molecule has 1 aromatic carbocycles. The zero-order chi connectivity index (χ0) is 16.9. The molecule has 6 heteroatoms. The Morgan fingerprint density at radius 3 is 2.92 bits per heavy atom. The Kier molecular flexibility index (Phi) is 5.48. The zero-order valence-electron chi connectivity index (χ0n) is 13.9. The average molecular weight is 331 g/mol. The largest absolute Gasteiger partial charge is 0.396 e. The summed E-state index contributed by atoms with van der Waals surface area (Å²) in [6, 6.07) is 7.46. The molecule has 24 heavy (non-hydrogen) atoms. The Balaban J connectivity index is 1.57. The molecule has 2 N–H and O–H groups in total. The van der Waals surface area contributed by atoms with Crippen molar-refractivity contribution in [1.29, 1.82) is 0 Å². The van der Waals surface area contributed by atoms with Gasteiger partial charge in [-0.25, -0.2) is 0 Å². The summed E-state index contributed by atoms with van der Waals surface area (Å²) in [5.41, 5.74) is 1.56. The number of anilines is 2. The van der Waals surface area contributed by atoms with Crippen LogP contribution < -0.4 is 10.2 Å². The number of piperidine rings is 1. The molecule has 130 valence electrons. The molecule has 1 atom stereocenters. The fourth-order valence-corrected chi connectivity index (χ4v) is 3.52. The number of carbonyl (C=O) groups excluding carboxylic acids is 2. The molecule has 2 aliphatic heterocycles. The highest BCUT2D eigenvalue weighted by Crippen LogP contribution is 2.24. The number of hydrogen-bond donors (Lipinski definition) is 2. The monoisotopic (exact) mass is 331 g/mol. The smallest absolute Gasteiger partial charge is 0.238 e. The van der Waals surface area contributed by atoms with E-state index in [-0.39, 0.29) is 24.3 Å². The SMILES string of the molecule is O=C(CN1CCC[C@@H](CO)C1)Nc1cccc(N2CCCC2=O)c1. The van der Waals surface area contributed by atoms with Gasteiger partial charge in [-0.15, -0.1) is 0 Å². The molecule has 0 unspecified atom stereocenters. The van der Waals surface area contributed by atoms with Crippen molar-refractivity contribution in [2.75, 3.05) is 43.0 Å². The van der Waals surface area contributed by atoms with Crippen LogP contribution in [0, 0.1) is 5.92 Å². The van der Waals surface area contributed by atoms with Crippen molar-refractivity contribution in [2.24, 2.45) is 5.92 Å². The number of nitrogens with one attached hydrogen (secondary N) is 1. The van der Waals surface area contributed by atoms with E-state index in [2.05, 4.69) is 10.2 Å². The lowest BCUT2D eigenvalue weighted by molar-refractivity contribution is -0.118. The Morgan fingerprint density at radius 2 is 2.17 bits per heavy atom. The van der Waals surface area contributed by atoms with Crippen molar-refractivity contribution in [3.8, 4) is 0 Å². The highest BCUT2D eigenvalue weighted by molar-refractivity contribution is 5.97.